The molecule has 0 aliphatic heterocycles. The van der Waals surface area contributed by atoms with Crippen molar-refractivity contribution in [2.24, 2.45) is 4.99 Å². The summed E-state index contributed by atoms with van der Waals surface area (Å²) in [6.45, 7) is 7.30. The maximum Gasteiger partial charge on any atom is 0.224 e. The van der Waals surface area contributed by atoms with E-state index in [-0.39, 0.29) is 5.91 Å². The van der Waals surface area contributed by atoms with Crippen molar-refractivity contribution in [3.8, 4) is 0 Å². The van der Waals surface area contributed by atoms with Crippen molar-refractivity contribution in [1.29, 1.82) is 0 Å². The van der Waals surface area contributed by atoms with Crippen LogP contribution >= 0.6 is 11.3 Å². The Morgan fingerprint density at radius 1 is 1.25 bits per heavy atom. The van der Waals surface area contributed by atoms with Gasteiger partial charge in [0.15, 0.2) is 5.96 Å². The SMILES string of the molecule is CCCC(=O)Nc1cccc(CN=C(NCC)NCC(C)(O)c2ccsc2)c1. The van der Waals surface area contributed by atoms with E-state index in [0.717, 1.165) is 29.8 Å². The van der Waals surface area contributed by atoms with Gasteiger partial charge in [0.2, 0.25) is 5.91 Å². The molecule has 0 bridgehead atoms. The number of amides is 1. The lowest BCUT2D eigenvalue weighted by Crippen LogP contribution is -2.44. The van der Waals surface area contributed by atoms with Crippen LogP contribution in [-0.2, 0) is 16.9 Å². The number of hydrogen-bond donors (Lipinski definition) is 4. The number of guanidine groups is 1. The van der Waals surface area contributed by atoms with Gasteiger partial charge in [-0.1, -0.05) is 19.1 Å². The van der Waals surface area contributed by atoms with Crippen molar-refractivity contribution >= 4 is 28.9 Å². The Hall–Kier alpha value is -2.38. The number of nitrogens with zero attached hydrogens (tertiary/aromatic N) is 1. The van der Waals surface area contributed by atoms with Crippen molar-refractivity contribution in [3.05, 3.63) is 52.2 Å². The maximum absolute atomic E-state index is 11.8. The number of thiophene rings is 1. The number of hydrogen-bond acceptors (Lipinski definition) is 4. The van der Waals surface area contributed by atoms with Crippen molar-refractivity contribution < 1.29 is 9.90 Å². The number of aliphatic hydroxyl groups is 1. The highest BCUT2D eigenvalue weighted by atomic mass is 32.1. The number of carbonyl (C=O) groups is 1. The molecule has 0 aliphatic rings. The predicted octanol–water partition coefficient (Wildman–Crippen LogP) is 3.45. The minimum Gasteiger partial charge on any atom is -0.384 e. The summed E-state index contributed by atoms with van der Waals surface area (Å²) in [7, 11) is 0. The van der Waals surface area contributed by atoms with E-state index in [9.17, 15) is 9.90 Å². The van der Waals surface area contributed by atoms with Crippen molar-refractivity contribution in [3.63, 3.8) is 0 Å². The van der Waals surface area contributed by atoms with Gasteiger partial charge in [-0.25, -0.2) is 4.99 Å². The van der Waals surface area contributed by atoms with Gasteiger partial charge in [0.1, 0.15) is 5.60 Å². The molecule has 1 aromatic heterocycles. The monoisotopic (exact) mass is 402 g/mol. The van der Waals surface area contributed by atoms with Gasteiger partial charge >= 0.3 is 0 Å². The number of carbonyl (C=O) groups excluding carboxylic acids is 1. The maximum atomic E-state index is 11.8. The molecule has 1 heterocycles. The van der Waals surface area contributed by atoms with Crippen molar-refractivity contribution in [2.75, 3.05) is 18.4 Å². The summed E-state index contributed by atoms with van der Waals surface area (Å²) in [5, 5.41) is 23.9. The van der Waals surface area contributed by atoms with E-state index >= 15 is 0 Å². The number of anilines is 1. The molecule has 0 fully saturated rings. The average Bonchev–Trinajstić information content (AvgIpc) is 3.20. The lowest BCUT2D eigenvalue weighted by molar-refractivity contribution is -0.116. The van der Waals surface area contributed by atoms with Gasteiger partial charge in [-0.15, -0.1) is 0 Å². The van der Waals surface area contributed by atoms with Gasteiger partial charge in [0.25, 0.3) is 0 Å². The topological polar surface area (TPSA) is 85.8 Å². The van der Waals surface area contributed by atoms with E-state index in [4.69, 9.17) is 0 Å². The summed E-state index contributed by atoms with van der Waals surface area (Å²) in [6, 6.07) is 9.62. The first-order valence-corrected chi connectivity index (χ1v) is 10.5. The summed E-state index contributed by atoms with van der Waals surface area (Å²) in [5.41, 5.74) is 1.69. The third kappa shape index (κ3) is 6.98. The van der Waals surface area contributed by atoms with Crippen molar-refractivity contribution in [1.82, 2.24) is 10.6 Å². The van der Waals surface area contributed by atoms with Crippen LogP contribution in [0.5, 0.6) is 0 Å². The van der Waals surface area contributed by atoms with Gasteiger partial charge in [-0.3, -0.25) is 4.79 Å². The van der Waals surface area contributed by atoms with Gasteiger partial charge in [0.05, 0.1) is 13.1 Å². The first kappa shape index (κ1) is 21.9. The Morgan fingerprint density at radius 2 is 2.07 bits per heavy atom. The molecule has 1 amide bonds. The normalized spacial score (nSPS) is 13.6. The molecule has 2 rings (SSSR count). The number of aliphatic imine (C=N–C) groups is 1. The zero-order valence-corrected chi connectivity index (χ0v) is 17.6. The highest BCUT2D eigenvalue weighted by molar-refractivity contribution is 7.08. The third-order valence-electron chi connectivity index (χ3n) is 4.19. The zero-order valence-electron chi connectivity index (χ0n) is 16.8. The Morgan fingerprint density at radius 3 is 2.75 bits per heavy atom. The highest BCUT2D eigenvalue weighted by Gasteiger charge is 2.23. The van der Waals surface area contributed by atoms with E-state index < -0.39 is 5.60 Å². The smallest absolute Gasteiger partial charge is 0.224 e. The predicted molar refractivity (Wildman–Crippen MR) is 117 cm³/mol. The molecule has 28 heavy (non-hydrogen) atoms. The standard InChI is InChI=1S/C21H30N4O2S/c1-4-7-19(26)25-18-9-6-8-16(12-18)13-23-20(22-5-2)24-15-21(3,27)17-10-11-28-14-17/h6,8-12,14,27H,4-5,7,13,15H2,1-3H3,(H,25,26)(H2,22,23,24). The molecule has 7 heteroatoms. The molecule has 0 radical (unpaired) electrons. The van der Waals surface area contributed by atoms with Crippen LogP contribution in [0.25, 0.3) is 0 Å². The highest BCUT2D eigenvalue weighted by Crippen LogP contribution is 2.22. The lowest BCUT2D eigenvalue weighted by atomic mass is 9.99. The van der Waals surface area contributed by atoms with Gasteiger partial charge in [-0.2, -0.15) is 11.3 Å². The van der Waals surface area contributed by atoms with Crippen LogP contribution in [0.3, 0.4) is 0 Å². The average molecular weight is 403 g/mol. The van der Waals surface area contributed by atoms with Gasteiger partial charge < -0.3 is 21.1 Å². The lowest BCUT2D eigenvalue weighted by Gasteiger charge is -2.24. The molecule has 0 spiro atoms. The number of rotatable bonds is 9. The van der Waals surface area contributed by atoms with Crippen LogP contribution in [-0.4, -0.2) is 30.1 Å². The Kier molecular flexibility index (Phi) is 8.47. The summed E-state index contributed by atoms with van der Waals surface area (Å²) in [6.07, 6.45) is 1.34. The van der Waals surface area contributed by atoms with Gasteiger partial charge in [-0.05, 0) is 60.4 Å². The molecule has 0 saturated carbocycles. The van der Waals surface area contributed by atoms with Crippen LogP contribution in [0.4, 0.5) is 5.69 Å². The first-order chi connectivity index (χ1) is 13.4. The fourth-order valence-corrected chi connectivity index (χ4v) is 3.42. The van der Waals surface area contributed by atoms with Crippen molar-refractivity contribution in [2.45, 2.75) is 45.8 Å². The Bertz CT molecular complexity index is 772. The van der Waals surface area contributed by atoms with E-state index in [1.54, 1.807) is 18.3 Å². The molecule has 0 aliphatic carbocycles. The van der Waals surface area contributed by atoms with Crippen LogP contribution in [0, 0.1) is 0 Å². The fraction of sp³-hybridized carbons (Fsp3) is 0.429. The van der Waals surface area contributed by atoms with E-state index in [2.05, 4.69) is 20.9 Å². The van der Waals surface area contributed by atoms with E-state index in [1.165, 1.54) is 0 Å². The summed E-state index contributed by atoms with van der Waals surface area (Å²) < 4.78 is 0. The van der Waals surface area contributed by atoms with Crippen LogP contribution < -0.4 is 16.0 Å². The van der Waals surface area contributed by atoms with Crippen LogP contribution in [0.2, 0.25) is 0 Å². The molecule has 1 atom stereocenters. The van der Waals surface area contributed by atoms with Crippen LogP contribution in [0.1, 0.15) is 44.7 Å². The largest absolute Gasteiger partial charge is 0.384 e. The van der Waals surface area contributed by atoms with Gasteiger partial charge in [0, 0.05) is 18.7 Å². The molecule has 2 aromatic rings. The van der Waals surface area contributed by atoms with E-state index in [0.29, 0.717) is 25.5 Å². The first-order valence-electron chi connectivity index (χ1n) is 9.60. The number of benzene rings is 1. The molecule has 4 N–H and O–H groups in total. The molecule has 6 nitrogen and oxygen atoms in total. The molecular formula is C21H30N4O2S. The fourth-order valence-electron chi connectivity index (χ4n) is 2.64. The zero-order chi connectivity index (χ0) is 20.4. The molecule has 1 aromatic carbocycles. The Labute approximate surface area is 171 Å². The Balaban J connectivity index is 1.99. The second kappa shape index (κ2) is 10.8. The second-order valence-electron chi connectivity index (χ2n) is 6.83. The third-order valence-corrected chi connectivity index (χ3v) is 4.88. The number of nitrogens with one attached hydrogen (secondary N) is 3. The minimum absolute atomic E-state index is 0.0221. The van der Waals surface area contributed by atoms with Crippen LogP contribution in [0.15, 0.2) is 46.1 Å². The van der Waals surface area contributed by atoms with E-state index in [1.807, 2.05) is 54.9 Å². The molecule has 152 valence electrons. The minimum atomic E-state index is -0.973. The summed E-state index contributed by atoms with van der Waals surface area (Å²) >= 11 is 1.56. The molecular weight excluding hydrogens is 372 g/mol. The summed E-state index contributed by atoms with van der Waals surface area (Å²) in [5.74, 6) is 0.659. The molecule has 1 unspecified atom stereocenters. The second-order valence-corrected chi connectivity index (χ2v) is 7.61. The quantitative estimate of drug-likeness (QED) is 0.382. The molecule has 0 saturated heterocycles. The summed E-state index contributed by atoms with van der Waals surface area (Å²) in [4.78, 5) is 16.4.